The number of hydrogen-bond donors (Lipinski definition) is 1. The van der Waals surface area contributed by atoms with Crippen LogP contribution >= 0.6 is 0 Å². The van der Waals surface area contributed by atoms with E-state index in [4.69, 9.17) is 4.42 Å². The number of carbonyl (C=O) groups is 1. The number of rotatable bonds is 6. The smallest absolute Gasteiger partial charge is 0.234 e. The molecule has 90 valence electrons. The standard InChI is InChI=1S/C10H18N4O2/c1-4-5-11-9(15)6-14(3)7-10-13-12-8(2)16-10/h4-7H2,1-3H3,(H,11,15). The summed E-state index contributed by atoms with van der Waals surface area (Å²) in [6.45, 7) is 5.30. The molecule has 0 aromatic carbocycles. The van der Waals surface area contributed by atoms with Crippen LogP contribution in [0.3, 0.4) is 0 Å². The predicted octanol–water partition coefficient (Wildman–Crippen LogP) is 0.336. The van der Waals surface area contributed by atoms with Gasteiger partial charge in [-0.2, -0.15) is 0 Å². The number of nitrogens with one attached hydrogen (secondary N) is 1. The number of nitrogens with zero attached hydrogens (tertiary/aromatic N) is 3. The maximum Gasteiger partial charge on any atom is 0.234 e. The van der Waals surface area contributed by atoms with Crippen molar-refractivity contribution in [2.45, 2.75) is 26.8 Å². The first kappa shape index (κ1) is 12.6. The Labute approximate surface area is 95.0 Å². The van der Waals surface area contributed by atoms with Crippen molar-refractivity contribution < 1.29 is 9.21 Å². The lowest BCUT2D eigenvalue weighted by Crippen LogP contribution is -2.35. The van der Waals surface area contributed by atoms with E-state index in [1.807, 2.05) is 18.9 Å². The highest BCUT2D eigenvalue weighted by Crippen LogP contribution is 2.00. The fourth-order valence-corrected chi connectivity index (χ4v) is 1.25. The minimum atomic E-state index is 0.0144. The lowest BCUT2D eigenvalue weighted by atomic mass is 10.4. The molecule has 0 aliphatic heterocycles. The van der Waals surface area contributed by atoms with E-state index in [0.29, 0.717) is 31.4 Å². The second-order valence-corrected chi connectivity index (χ2v) is 3.74. The molecule has 1 N–H and O–H groups in total. The molecule has 0 spiro atoms. The molecule has 1 heterocycles. The van der Waals surface area contributed by atoms with Crippen LogP contribution in [0.25, 0.3) is 0 Å². The fourth-order valence-electron chi connectivity index (χ4n) is 1.25. The lowest BCUT2D eigenvalue weighted by Gasteiger charge is -2.13. The van der Waals surface area contributed by atoms with Gasteiger partial charge in [0.05, 0.1) is 13.1 Å². The van der Waals surface area contributed by atoms with Crippen molar-refractivity contribution in [2.75, 3.05) is 20.1 Å². The van der Waals surface area contributed by atoms with Crippen molar-refractivity contribution >= 4 is 5.91 Å². The summed E-state index contributed by atoms with van der Waals surface area (Å²) in [5.41, 5.74) is 0. The Hall–Kier alpha value is -1.43. The highest BCUT2D eigenvalue weighted by molar-refractivity contribution is 5.77. The number of likely N-dealkylation sites (N-methyl/N-ethyl adjacent to an activating group) is 1. The van der Waals surface area contributed by atoms with E-state index < -0.39 is 0 Å². The third kappa shape index (κ3) is 4.39. The normalized spacial score (nSPS) is 10.8. The SMILES string of the molecule is CCCNC(=O)CN(C)Cc1nnc(C)o1. The highest BCUT2D eigenvalue weighted by Gasteiger charge is 2.09. The molecule has 6 heteroatoms. The molecule has 0 fully saturated rings. The van der Waals surface area contributed by atoms with Crippen molar-refractivity contribution in [1.29, 1.82) is 0 Å². The molecule has 0 bridgehead atoms. The van der Waals surface area contributed by atoms with Crippen molar-refractivity contribution in [3.05, 3.63) is 11.8 Å². The number of aromatic nitrogens is 2. The van der Waals surface area contributed by atoms with Crippen molar-refractivity contribution in [1.82, 2.24) is 20.4 Å². The van der Waals surface area contributed by atoms with E-state index in [2.05, 4.69) is 15.5 Å². The first-order valence-corrected chi connectivity index (χ1v) is 5.36. The molecular formula is C10H18N4O2. The summed E-state index contributed by atoms with van der Waals surface area (Å²) in [5.74, 6) is 1.09. The fraction of sp³-hybridized carbons (Fsp3) is 0.700. The molecule has 0 unspecified atom stereocenters. The molecule has 0 saturated carbocycles. The Morgan fingerprint density at radius 1 is 1.50 bits per heavy atom. The Kier molecular flexibility index (Phi) is 4.91. The van der Waals surface area contributed by atoms with Crippen LogP contribution in [-0.2, 0) is 11.3 Å². The van der Waals surface area contributed by atoms with Crippen LogP contribution in [0.5, 0.6) is 0 Å². The van der Waals surface area contributed by atoms with Crippen LogP contribution in [-0.4, -0.2) is 41.1 Å². The lowest BCUT2D eigenvalue weighted by molar-refractivity contribution is -0.122. The summed E-state index contributed by atoms with van der Waals surface area (Å²) >= 11 is 0. The predicted molar refractivity (Wildman–Crippen MR) is 58.7 cm³/mol. The van der Waals surface area contributed by atoms with Crippen molar-refractivity contribution in [3.63, 3.8) is 0 Å². The molecule has 1 rings (SSSR count). The number of carbonyl (C=O) groups excluding carboxylic acids is 1. The van der Waals surface area contributed by atoms with Gasteiger partial charge < -0.3 is 9.73 Å². The molecule has 16 heavy (non-hydrogen) atoms. The Morgan fingerprint density at radius 2 is 2.25 bits per heavy atom. The van der Waals surface area contributed by atoms with Crippen LogP contribution in [0.2, 0.25) is 0 Å². The van der Waals surface area contributed by atoms with E-state index in [1.165, 1.54) is 0 Å². The summed E-state index contributed by atoms with van der Waals surface area (Å²) in [4.78, 5) is 13.2. The molecule has 1 aromatic rings. The van der Waals surface area contributed by atoms with Gasteiger partial charge in [0.2, 0.25) is 17.7 Å². The molecule has 0 radical (unpaired) electrons. The van der Waals surface area contributed by atoms with Gasteiger partial charge in [-0.25, -0.2) is 0 Å². The third-order valence-corrected chi connectivity index (χ3v) is 1.96. The summed E-state index contributed by atoms with van der Waals surface area (Å²) in [7, 11) is 1.84. The first-order chi connectivity index (χ1) is 7.61. The van der Waals surface area contributed by atoms with E-state index in [9.17, 15) is 4.79 Å². The van der Waals surface area contributed by atoms with Gasteiger partial charge in [0.15, 0.2) is 0 Å². The average Bonchev–Trinajstić information content (AvgIpc) is 2.60. The number of amides is 1. The zero-order valence-electron chi connectivity index (χ0n) is 9.99. The molecule has 1 aromatic heterocycles. The highest BCUT2D eigenvalue weighted by atomic mass is 16.4. The van der Waals surface area contributed by atoms with Gasteiger partial charge in [0.25, 0.3) is 0 Å². The van der Waals surface area contributed by atoms with Crippen molar-refractivity contribution in [2.24, 2.45) is 0 Å². The van der Waals surface area contributed by atoms with E-state index in [-0.39, 0.29) is 5.91 Å². The molecule has 1 amide bonds. The quantitative estimate of drug-likeness (QED) is 0.757. The minimum absolute atomic E-state index is 0.0144. The molecular weight excluding hydrogens is 208 g/mol. The molecule has 0 aliphatic rings. The average molecular weight is 226 g/mol. The largest absolute Gasteiger partial charge is 0.424 e. The Morgan fingerprint density at radius 3 is 2.81 bits per heavy atom. The third-order valence-electron chi connectivity index (χ3n) is 1.96. The van der Waals surface area contributed by atoms with Gasteiger partial charge in [0, 0.05) is 13.5 Å². The summed E-state index contributed by atoms with van der Waals surface area (Å²) in [6, 6.07) is 0. The van der Waals surface area contributed by atoms with Gasteiger partial charge >= 0.3 is 0 Å². The van der Waals surface area contributed by atoms with Gasteiger partial charge in [0.1, 0.15) is 0 Å². The van der Waals surface area contributed by atoms with Crippen molar-refractivity contribution in [3.8, 4) is 0 Å². The number of aryl methyl sites for hydroxylation is 1. The second kappa shape index (κ2) is 6.22. The zero-order chi connectivity index (χ0) is 12.0. The second-order valence-electron chi connectivity index (χ2n) is 3.74. The van der Waals surface area contributed by atoms with E-state index >= 15 is 0 Å². The summed E-state index contributed by atoms with van der Waals surface area (Å²) in [6.07, 6.45) is 0.943. The number of hydrogen-bond acceptors (Lipinski definition) is 5. The van der Waals surface area contributed by atoms with E-state index in [0.717, 1.165) is 6.42 Å². The Bertz CT molecular complexity index is 337. The van der Waals surface area contributed by atoms with Crippen LogP contribution in [0.1, 0.15) is 25.1 Å². The van der Waals surface area contributed by atoms with Gasteiger partial charge in [-0.1, -0.05) is 6.92 Å². The monoisotopic (exact) mass is 226 g/mol. The van der Waals surface area contributed by atoms with E-state index in [1.54, 1.807) is 6.92 Å². The first-order valence-electron chi connectivity index (χ1n) is 5.36. The topological polar surface area (TPSA) is 71.3 Å². The van der Waals surface area contributed by atoms with Gasteiger partial charge in [-0.15, -0.1) is 10.2 Å². The van der Waals surface area contributed by atoms with Crippen LogP contribution in [0.4, 0.5) is 0 Å². The summed E-state index contributed by atoms with van der Waals surface area (Å²) in [5, 5.41) is 10.4. The van der Waals surface area contributed by atoms with Gasteiger partial charge in [-0.05, 0) is 13.5 Å². The van der Waals surface area contributed by atoms with Crippen LogP contribution in [0.15, 0.2) is 4.42 Å². The molecule has 0 aliphatic carbocycles. The van der Waals surface area contributed by atoms with Crippen LogP contribution < -0.4 is 5.32 Å². The zero-order valence-corrected chi connectivity index (χ0v) is 9.99. The summed E-state index contributed by atoms with van der Waals surface area (Å²) < 4.78 is 5.22. The van der Waals surface area contributed by atoms with Gasteiger partial charge in [-0.3, -0.25) is 9.69 Å². The molecule has 6 nitrogen and oxygen atoms in total. The molecule has 0 saturated heterocycles. The maximum atomic E-state index is 11.4. The minimum Gasteiger partial charge on any atom is -0.424 e. The molecule has 0 atom stereocenters. The Balaban J connectivity index is 2.30. The maximum absolute atomic E-state index is 11.4. The van der Waals surface area contributed by atoms with Crippen LogP contribution in [0, 0.1) is 6.92 Å².